The number of amides is 2. The van der Waals surface area contributed by atoms with E-state index in [0.29, 0.717) is 36.3 Å². The number of carbonyl (C=O) groups excluding carboxylic acids is 1. The number of nitrogens with one attached hydrogen (secondary N) is 1. The van der Waals surface area contributed by atoms with E-state index in [1.54, 1.807) is 22.7 Å². The van der Waals surface area contributed by atoms with Crippen LogP contribution in [0.15, 0.2) is 18.2 Å². The number of nitrogens with zero attached hydrogens (tertiary/aromatic N) is 3. The molecule has 0 atom stereocenters. The second-order valence-corrected chi connectivity index (χ2v) is 5.98. The molecule has 24 heavy (non-hydrogen) atoms. The van der Waals surface area contributed by atoms with Gasteiger partial charge in [-0.15, -0.1) is 5.10 Å². The Morgan fingerprint density at radius 1 is 1.46 bits per heavy atom. The molecule has 128 valence electrons. The molecule has 0 saturated heterocycles. The average molecular weight is 351 g/mol. The quantitative estimate of drug-likeness (QED) is 0.904. The zero-order valence-corrected chi connectivity index (χ0v) is 14.6. The summed E-state index contributed by atoms with van der Waals surface area (Å²) < 4.78 is 12.6. The van der Waals surface area contributed by atoms with Crippen LogP contribution in [0.4, 0.5) is 10.5 Å². The van der Waals surface area contributed by atoms with Gasteiger partial charge in [0, 0.05) is 17.6 Å². The van der Waals surface area contributed by atoms with Crippen LogP contribution in [0.1, 0.15) is 11.3 Å². The second kappa shape index (κ2) is 6.60. The van der Waals surface area contributed by atoms with Gasteiger partial charge in [0.2, 0.25) is 0 Å². The topological polar surface area (TPSA) is 68.6 Å². The predicted octanol–water partition coefficient (Wildman–Crippen LogP) is 2.82. The normalized spacial score (nSPS) is 13.8. The van der Waals surface area contributed by atoms with E-state index in [0.717, 1.165) is 17.0 Å². The van der Waals surface area contributed by atoms with Crippen LogP contribution in [0, 0.1) is 6.92 Å². The number of urea groups is 1. The summed E-state index contributed by atoms with van der Waals surface area (Å²) in [7, 11) is 3.32. The van der Waals surface area contributed by atoms with Crippen LogP contribution in [-0.2, 0) is 13.6 Å². The minimum Gasteiger partial charge on any atom is -0.491 e. The molecule has 1 aromatic heterocycles. The summed E-state index contributed by atoms with van der Waals surface area (Å²) in [5.41, 5.74) is 2.27. The number of aromatic nitrogens is 2. The van der Waals surface area contributed by atoms with Gasteiger partial charge in [-0.2, -0.15) is 0 Å². The molecule has 1 aromatic carbocycles. The Balaban J connectivity index is 1.80. The standard InChI is InChI=1S/C16H19ClN4O3/c1-10-14(15(23-3)19-20(10)2)18-16(22)21-6-7-24-13-5-4-12(17)8-11(13)9-21/h4-5,8H,6-7,9H2,1-3H3,(H,18,22). The van der Waals surface area contributed by atoms with Crippen molar-refractivity contribution in [2.75, 3.05) is 25.6 Å². The number of fused-ring (bicyclic) bond motifs is 1. The third-order valence-electron chi connectivity index (χ3n) is 4.02. The second-order valence-electron chi connectivity index (χ2n) is 5.55. The molecule has 1 aliphatic rings. The maximum atomic E-state index is 12.7. The van der Waals surface area contributed by atoms with Gasteiger partial charge in [0.25, 0.3) is 5.88 Å². The highest BCUT2D eigenvalue weighted by Gasteiger charge is 2.23. The summed E-state index contributed by atoms with van der Waals surface area (Å²) in [5.74, 6) is 1.14. The van der Waals surface area contributed by atoms with Gasteiger partial charge in [-0.3, -0.25) is 4.68 Å². The zero-order chi connectivity index (χ0) is 17.3. The summed E-state index contributed by atoms with van der Waals surface area (Å²) in [6, 6.07) is 5.19. The molecule has 8 heteroatoms. The maximum absolute atomic E-state index is 12.7. The number of ether oxygens (including phenoxy) is 2. The van der Waals surface area contributed by atoms with Crippen molar-refractivity contribution in [3.8, 4) is 11.6 Å². The highest BCUT2D eigenvalue weighted by Crippen LogP contribution is 2.29. The van der Waals surface area contributed by atoms with Crippen molar-refractivity contribution in [1.82, 2.24) is 14.7 Å². The number of rotatable bonds is 2. The van der Waals surface area contributed by atoms with Crippen LogP contribution in [0.2, 0.25) is 5.02 Å². The van der Waals surface area contributed by atoms with Crippen LogP contribution in [0.25, 0.3) is 0 Å². The SMILES string of the molecule is COc1nn(C)c(C)c1NC(=O)N1CCOc2ccc(Cl)cc2C1. The lowest BCUT2D eigenvalue weighted by Gasteiger charge is -2.20. The van der Waals surface area contributed by atoms with E-state index < -0.39 is 0 Å². The molecule has 2 heterocycles. The van der Waals surface area contributed by atoms with E-state index >= 15 is 0 Å². The van der Waals surface area contributed by atoms with Crippen molar-refractivity contribution in [2.24, 2.45) is 7.05 Å². The average Bonchev–Trinajstić information content (AvgIpc) is 2.74. The molecular weight excluding hydrogens is 332 g/mol. The van der Waals surface area contributed by atoms with E-state index in [9.17, 15) is 4.79 Å². The number of anilines is 1. The number of methoxy groups -OCH3 is 1. The number of benzene rings is 1. The van der Waals surface area contributed by atoms with E-state index in [1.807, 2.05) is 19.1 Å². The molecule has 0 bridgehead atoms. The molecule has 7 nitrogen and oxygen atoms in total. The molecule has 0 radical (unpaired) electrons. The molecule has 2 aromatic rings. The van der Waals surface area contributed by atoms with Crippen molar-refractivity contribution in [3.63, 3.8) is 0 Å². The van der Waals surface area contributed by atoms with Crippen molar-refractivity contribution in [1.29, 1.82) is 0 Å². The summed E-state index contributed by atoms with van der Waals surface area (Å²) in [6.45, 7) is 3.18. The lowest BCUT2D eigenvalue weighted by Crippen LogP contribution is -2.36. The molecule has 0 saturated carbocycles. The first kappa shape index (κ1) is 16.4. The van der Waals surface area contributed by atoms with Gasteiger partial charge in [0.1, 0.15) is 18.0 Å². The van der Waals surface area contributed by atoms with Crippen molar-refractivity contribution in [3.05, 3.63) is 34.5 Å². The Hall–Kier alpha value is -2.41. The maximum Gasteiger partial charge on any atom is 0.322 e. The number of hydrogen-bond acceptors (Lipinski definition) is 4. The monoisotopic (exact) mass is 350 g/mol. The molecule has 3 rings (SSSR count). The van der Waals surface area contributed by atoms with Gasteiger partial charge in [0.15, 0.2) is 0 Å². The summed E-state index contributed by atoms with van der Waals surface area (Å²) in [5, 5.41) is 7.71. The Morgan fingerprint density at radius 2 is 2.25 bits per heavy atom. The Bertz CT molecular complexity index is 775. The van der Waals surface area contributed by atoms with Gasteiger partial charge in [-0.25, -0.2) is 4.79 Å². The first-order valence-electron chi connectivity index (χ1n) is 7.54. The van der Waals surface area contributed by atoms with Crippen LogP contribution in [0.3, 0.4) is 0 Å². The van der Waals surface area contributed by atoms with Crippen molar-refractivity contribution < 1.29 is 14.3 Å². The van der Waals surface area contributed by atoms with Crippen LogP contribution >= 0.6 is 11.6 Å². The largest absolute Gasteiger partial charge is 0.491 e. The predicted molar refractivity (Wildman–Crippen MR) is 90.9 cm³/mol. The molecule has 0 fully saturated rings. The zero-order valence-electron chi connectivity index (χ0n) is 13.8. The lowest BCUT2D eigenvalue weighted by molar-refractivity contribution is 0.200. The van der Waals surface area contributed by atoms with Gasteiger partial charge < -0.3 is 19.7 Å². The molecule has 1 aliphatic heterocycles. The Morgan fingerprint density at radius 3 is 3.00 bits per heavy atom. The fraction of sp³-hybridized carbons (Fsp3) is 0.375. The lowest BCUT2D eigenvalue weighted by atomic mass is 10.2. The minimum atomic E-state index is -0.235. The summed E-state index contributed by atoms with van der Waals surface area (Å²) in [4.78, 5) is 14.4. The number of carbonyl (C=O) groups is 1. The molecule has 1 N–H and O–H groups in total. The Labute approximate surface area is 145 Å². The number of hydrogen-bond donors (Lipinski definition) is 1. The summed E-state index contributed by atoms with van der Waals surface area (Å²) in [6.07, 6.45) is 0. The highest BCUT2D eigenvalue weighted by atomic mass is 35.5. The van der Waals surface area contributed by atoms with Gasteiger partial charge in [0.05, 0.1) is 25.9 Å². The van der Waals surface area contributed by atoms with E-state index in [4.69, 9.17) is 21.1 Å². The molecule has 0 aliphatic carbocycles. The minimum absolute atomic E-state index is 0.235. The van der Waals surface area contributed by atoms with Crippen LogP contribution in [0.5, 0.6) is 11.6 Å². The summed E-state index contributed by atoms with van der Waals surface area (Å²) >= 11 is 6.05. The first-order valence-corrected chi connectivity index (χ1v) is 7.92. The Kier molecular flexibility index (Phi) is 4.53. The van der Waals surface area contributed by atoms with Crippen molar-refractivity contribution >= 4 is 23.3 Å². The third kappa shape index (κ3) is 3.12. The smallest absolute Gasteiger partial charge is 0.322 e. The van der Waals surface area contributed by atoms with Crippen LogP contribution < -0.4 is 14.8 Å². The first-order chi connectivity index (χ1) is 11.5. The number of halogens is 1. The molecule has 0 unspecified atom stereocenters. The fourth-order valence-electron chi connectivity index (χ4n) is 2.59. The van der Waals surface area contributed by atoms with Crippen LogP contribution in [-0.4, -0.2) is 41.0 Å². The highest BCUT2D eigenvalue weighted by molar-refractivity contribution is 6.30. The van der Waals surface area contributed by atoms with Gasteiger partial charge in [-0.1, -0.05) is 11.6 Å². The third-order valence-corrected chi connectivity index (χ3v) is 4.25. The number of aryl methyl sites for hydroxylation is 1. The van der Waals surface area contributed by atoms with Gasteiger partial charge in [-0.05, 0) is 25.1 Å². The van der Waals surface area contributed by atoms with Gasteiger partial charge >= 0.3 is 6.03 Å². The van der Waals surface area contributed by atoms with E-state index in [-0.39, 0.29) is 6.03 Å². The van der Waals surface area contributed by atoms with E-state index in [2.05, 4.69) is 10.4 Å². The molecule has 0 spiro atoms. The molecular formula is C16H19ClN4O3. The molecule has 2 amide bonds. The fourth-order valence-corrected chi connectivity index (χ4v) is 2.78. The van der Waals surface area contributed by atoms with E-state index in [1.165, 1.54) is 7.11 Å². The van der Waals surface area contributed by atoms with Crippen molar-refractivity contribution in [2.45, 2.75) is 13.5 Å².